The predicted molar refractivity (Wildman–Crippen MR) is 98.4 cm³/mol. The molecule has 2 heterocycles. The van der Waals surface area contributed by atoms with E-state index in [1.54, 1.807) is 12.1 Å². The van der Waals surface area contributed by atoms with Crippen LogP contribution in [0.5, 0.6) is 0 Å². The number of aliphatic hydroxyl groups is 1. The zero-order chi connectivity index (χ0) is 17.6. The Morgan fingerprint density at radius 3 is 2.72 bits per heavy atom. The Morgan fingerprint density at radius 1 is 1.36 bits per heavy atom. The van der Waals surface area contributed by atoms with Gasteiger partial charge in [0.05, 0.1) is 28.9 Å². The Labute approximate surface area is 150 Å². The quantitative estimate of drug-likeness (QED) is 0.871. The standard InChI is InChI=1S/C19H18N4OS/c1-11-17(24)16(18(21)23(11)9-13-2-3-13)19-22-15(10-25-19)14-6-4-12(8-20)5-7-14/h4-7,10-11,13,21,24H,2-3,9H2,1H3. The molecule has 1 aromatic carbocycles. The molecule has 5 nitrogen and oxygen atoms in total. The molecule has 0 radical (unpaired) electrons. The van der Waals surface area contributed by atoms with E-state index in [1.165, 1.54) is 24.2 Å². The lowest BCUT2D eigenvalue weighted by Gasteiger charge is -2.23. The first-order valence-corrected chi connectivity index (χ1v) is 9.21. The molecule has 1 aromatic heterocycles. The molecule has 0 bridgehead atoms. The Bertz CT molecular complexity index is 902. The summed E-state index contributed by atoms with van der Waals surface area (Å²) >= 11 is 1.44. The van der Waals surface area contributed by atoms with Crippen LogP contribution in [-0.4, -0.2) is 33.4 Å². The lowest BCUT2D eigenvalue weighted by molar-refractivity contribution is 0.279. The Balaban J connectivity index is 1.62. The summed E-state index contributed by atoms with van der Waals surface area (Å²) in [6, 6.07) is 9.21. The molecule has 0 saturated heterocycles. The second kappa shape index (κ2) is 6.01. The van der Waals surface area contributed by atoms with E-state index in [9.17, 15) is 5.11 Å². The summed E-state index contributed by atoms with van der Waals surface area (Å²) in [4.78, 5) is 6.61. The number of rotatable bonds is 4. The van der Waals surface area contributed by atoms with Gasteiger partial charge in [-0.3, -0.25) is 5.41 Å². The summed E-state index contributed by atoms with van der Waals surface area (Å²) < 4.78 is 0. The van der Waals surface area contributed by atoms with Crippen molar-refractivity contribution < 1.29 is 5.11 Å². The van der Waals surface area contributed by atoms with Gasteiger partial charge in [-0.15, -0.1) is 11.3 Å². The molecule has 6 heteroatoms. The predicted octanol–water partition coefficient (Wildman–Crippen LogP) is 4.04. The molecule has 2 aromatic rings. The average Bonchev–Trinajstić information content (AvgIpc) is 3.29. The number of aliphatic hydroxyl groups excluding tert-OH is 1. The molecule has 126 valence electrons. The van der Waals surface area contributed by atoms with Crippen molar-refractivity contribution in [3.05, 3.63) is 46.0 Å². The van der Waals surface area contributed by atoms with Crippen molar-refractivity contribution >= 4 is 22.7 Å². The first-order chi connectivity index (χ1) is 12.1. The van der Waals surface area contributed by atoms with Gasteiger partial charge in [0.15, 0.2) is 0 Å². The van der Waals surface area contributed by atoms with E-state index in [2.05, 4.69) is 11.1 Å². The fourth-order valence-corrected chi connectivity index (χ4v) is 3.97. The number of thiazole rings is 1. The summed E-state index contributed by atoms with van der Waals surface area (Å²) in [6.07, 6.45) is 2.43. The van der Waals surface area contributed by atoms with E-state index in [0.29, 0.717) is 27.9 Å². The topological polar surface area (TPSA) is 84.0 Å². The molecule has 2 aliphatic rings. The molecule has 4 rings (SSSR count). The summed E-state index contributed by atoms with van der Waals surface area (Å²) in [6.45, 7) is 2.77. The SMILES string of the molecule is CC1C(O)=C(c2nc(-c3ccc(C#N)cc3)cs2)C(=N)N1CC1CC1. The van der Waals surface area contributed by atoms with Crippen LogP contribution in [0.2, 0.25) is 0 Å². The van der Waals surface area contributed by atoms with Crippen LogP contribution in [0.4, 0.5) is 0 Å². The smallest absolute Gasteiger partial charge is 0.135 e. The minimum atomic E-state index is -0.162. The highest BCUT2D eigenvalue weighted by Gasteiger charge is 2.38. The minimum Gasteiger partial charge on any atom is -0.509 e. The Kier molecular flexibility index (Phi) is 3.81. The van der Waals surface area contributed by atoms with E-state index >= 15 is 0 Å². The van der Waals surface area contributed by atoms with E-state index in [4.69, 9.17) is 10.7 Å². The first-order valence-electron chi connectivity index (χ1n) is 8.33. The number of nitriles is 1. The van der Waals surface area contributed by atoms with Gasteiger partial charge in [0.25, 0.3) is 0 Å². The summed E-state index contributed by atoms with van der Waals surface area (Å²) in [5, 5.41) is 30.5. The van der Waals surface area contributed by atoms with E-state index < -0.39 is 0 Å². The van der Waals surface area contributed by atoms with Crippen LogP contribution in [0, 0.1) is 22.7 Å². The Hall–Kier alpha value is -2.65. The molecule has 1 fully saturated rings. The number of hydrogen-bond donors (Lipinski definition) is 2. The van der Waals surface area contributed by atoms with Gasteiger partial charge in [0, 0.05) is 17.5 Å². The van der Waals surface area contributed by atoms with Gasteiger partial charge >= 0.3 is 0 Å². The van der Waals surface area contributed by atoms with Gasteiger partial charge in [-0.2, -0.15) is 5.26 Å². The Morgan fingerprint density at radius 2 is 2.08 bits per heavy atom. The third-order valence-corrected chi connectivity index (χ3v) is 5.68. The van der Waals surface area contributed by atoms with Gasteiger partial charge < -0.3 is 10.0 Å². The molecule has 1 aliphatic carbocycles. The fraction of sp³-hybridized carbons (Fsp3) is 0.316. The lowest BCUT2D eigenvalue weighted by atomic mass is 10.1. The zero-order valence-electron chi connectivity index (χ0n) is 13.9. The maximum Gasteiger partial charge on any atom is 0.135 e. The number of aromatic nitrogens is 1. The van der Waals surface area contributed by atoms with Crippen LogP contribution in [0.3, 0.4) is 0 Å². The van der Waals surface area contributed by atoms with Crippen LogP contribution in [0.1, 0.15) is 30.3 Å². The van der Waals surface area contributed by atoms with Gasteiger partial charge in [-0.25, -0.2) is 4.98 Å². The third-order valence-electron chi connectivity index (χ3n) is 4.82. The molecule has 1 atom stereocenters. The minimum absolute atomic E-state index is 0.162. The average molecular weight is 350 g/mol. The molecule has 0 amide bonds. The molecular weight excluding hydrogens is 332 g/mol. The van der Waals surface area contributed by atoms with Crippen molar-refractivity contribution in [1.82, 2.24) is 9.88 Å². The first kappa shape index (κ1) is 15.9. The number of nitrogens with one attached hydrogen (secondary N) is 1. The van der Waals surface area contributed by atoms with Crippen LogP contribution in [0.25, 0.3) is 16.8 Å². The van der Waals surface area contributed by atoms with Gasteiger partial charge in [-0.05, 0) is 37.8 Å². The van der Waals surface area contributed by atoms with Crippen LogP contribution >= 0.6 is 11.3 Å². The van der Waals surface area contributed by atoms with Crippen LogP contribution in [-0.2, 0) is 0 Å². The molecule has 25 heavy (non-hydrogen) atoms. The summed E-state index contributed by atoms with van der Waals surface area (Å²) in [5.41, 5.74) is 2.89. The second-order valence-electron chi connectivity index (χ2n) is 6.61. The number of amidine groups is 1. The molecule has 1 saturated carbocycles. The molecule has 1 aliphatic heterocycles. The van der Waals surface area contributed by atoms with Gasteiger partial charge in [-0.1, -0.05) is 12.1 Å². The van der Waals surface area contributed by atoms with Crippen molar-refractivity contribution in [1.29, 1.82) is 10.7 Å². The second-order valence-corrected chi connectivity index (χ2v) is 7.47. The summed E-state index contributed by atoms with van der Waals surface area (Å²) in [5.74, 6) is 1.27. The van der Waals surface area contributed by atoms with Crippen molar-refractivity contribution in [2.75, 3.05) is 6.54 Å². The van der Waals surface area contributed by atoms with E-state index in [0.717, 1.165) is 17.8 Å². The van der Waals surface area contributed by atoms with Crippen molar-refractivity contribution in [3.63, 3.8) is 0 Å². The maximum absolute atomic E-state index is 10.6. The lowest BCUT2D eigenvalue weighted by Crippen LogP contribution is -2.35. The monoisotopic (exact) mass is 350 g/mol. The fourth-order valence-electron chi connectivity index (χ4n) is 3.09. The van der Waals surface area contributed by atoms with Crippen LogP contribution < -0.4 is 0 Å². The molecular formula is C19H18N4OS. The molecule has 0 spiro atoms. The van der Waals surface area contributed by atoms with Gasteiger partial charge in [0.1, 0.15) is 16.6 Å². The van der Waals surface area contributed by atoms with E-state index in [-0.39, 0.29) is 11.8 Å². The highest BCUT2D eigenvalue weighted by Crippen LogP contribution is 2.38. The van der Waals surface area contributed by atoms with Crippen molar-refractivity contribution in [3.8, 4) is 17.3 Å². The van der Waals surface area contributed by atoms with Gasteiger partial charge in [0.2, 0.25) is 0 Å². The van der Waals surface area contributed by atoms with Crippen molar-refractivity contribution in [2.45, 2.75) is 25.8 Å². The highest BCUT2D eigenvalue weighted by atomic mass is 32.1. The third kappa shape index (κ3) is 2.81. The van der Waals surface area contributed by atoms with Crippen LogP contribution in [0.15, 0.2) is 35.4 Å². The van der Waals surface area contributed by atoms with Crippen molar-refractivity contribution in [2.24, 2.45) is 5.92 Å². The highest BCUT2D eigenvalue weighted by molar-refractivity contribution is 7.11. The maximum atomic E-state index is 10.6. The molecule has 2 N–H and O–H groups in total. The number of benzene rings is 1. The molecule has 1 unspecified atom stereocenters. The largest absolute Gasteiger partial charge is 0.509 e. The number of hydrogen-bond acceptors (Lipinski definition) is 5. The normalized spacial score (nSPS) is 20.2. The number of nitrogens with zero attached hydrogens (tertiary/aromatic N) is 3. The van der Waals surface area contributed by atoms with E-state index in [1.807, 2.05) is 29.3 Å². The summed E-state index contributed by atoms with van der Waals surface area (Å²) in [7, 11) is 0. The zero-order valence-corrected chi connectivity index (χ0v) is 14.7.